The number of aromatic nitrogens is 2. The molecular weight excluding hydrogens is 352 g/mol. The summed E-state index contributed by atoms with van der Waals surface area (Å²) in [7, 11) is 0. The first-order chi connectivity index (χ1) is 12.3. The fourth-order valence-corrected chi connectivity index (χ4v) is 2.70. The molecule has 9 heteroatoms. The minimum absolute atomic E-state index is 0.171. The molecule has 0 spiro atoms. The highest BCUT2D eigenvalue weighted by molar-refractivity contribution is 5.92. The summed E-state index contributed by atoms with van der Waals surface area (Å²) in [5.41, 5.74) is -0.284. The van der Waals surface area contributed by atoms with Crippen LogP contribution in [0, 0.1) is 12.7 Å². The minimum atomic E-state index is -4.42. The number of pyridine rings is 2. The van der Waals surface area contributed by atoms with E-state index in [1.807, 2.05) is 4.90 Å². The number of hydrogen-bond donors (Lipinski definition) is 0. The van der Waals surface area contributed by atoms with Crippen molar-refractivity contribution in [3.05, 3.63) is 53.2 Å². The molecule has 26 heavy (non-hydrogen) atoms. The molecule has 0 aliphatic carbocycles. The zero-order chi connectivity index (χ0) is 18.9. The maximum Gasteiger partial charge on any atom is 0.417 e. The third kappa shape index (κ3) is 3.76. The number of carbonyl (C=O) groups excluding carboxylic acids is 1. The van der Waals surface area contributed by atoms with Gasteiger partial charge in [0.15, 0.2) is 0 Å². The zero-order valence-electron chi connectivity index (χ0n) is 13.9. The molecule has 0 atom stereocenters. The van der Waals surface area contributed by atoms with Crippen molar-refractivity contribution in [2.24, 2.45) is 0 Å². The van der Waals surface area contributed by atoms with Crippen LogP contribution in [0.15, 0.2) is 30.6 Å². The van der Waals surface area contributed by atoms with Crippen molar-refractivity contribution in [1.82, 2.24) is 14.9 Å². The van der Waals surface area contributed by atoms with E-state index >= 15 is 0 Å². The van der Waals surface area contributed by atoms with Crippen molar-refractivity contribution >= 4 is 11.7 Å². The molecule has 2 aromatic rings. The van der Waals surface area contributed by atoms with E-state index in [0.29, 0.717) is 37.6 Å². The summed E-state index contributed by atoms with van der Waals surface area (Å²) < 4.78 is 51.0. The van der Waals surface area contributed by atoms with Crippen molar-refractivity contribution in [2.45, 2.75) is 13.1 Å². The maximum atomic E-state index is 13.3. The van der Waals surface area contributed by atoms with E-state index < -0.39 is 17.6 Å². The van der Waals surface area contributed by atoms with Gasteiger partial charge in [-0.2, -0.15) is 13.2 Å². The summed E-state index contributed by atoms with van der Waals surface area (Å²) >= 11 is 0. The van der Waals surface area contributed by atoms with Gasteiger partial charge in [0.25, 0.3) is 5.91 Å². The molecule has 3 heterocycles. The molecule has 1 fully saturated rings. The number of piperazine rings is 1. The molecule has 0 bridgehead atoms. The summed E-state index contributed by atoms with van der Waals surface area (Å²) in [4.78, 5) is 23.5. The van der Waals surface area contributed by atoms with E-state index in [0.717, 1.165) is 18.5 Å². The third-order valence-electron chi connectivity index (χ3n) is 4.23. The Balaban J connectivity index is 1.63. The van der Waals surface area contributed by atoms with Crippen LogP contribution in [-0.2, 0) is 6.18 Å². The van der Waals surface area contributed by atoms with E-state index in [1.54, 1.807) is 11.8 Å². The van der Waals surface area contributed by atoms with Crippen molar-refractivity contribution in [3.63, 3.8) is 0 Å². The maximum absolute atomic E-state index is 13.3. The lowest BCUT2D eigenvalue weighted by molar-refractivity contribution is -0.137. The molecule has 1 aliphatic rings. The molecule has 138 valence electrons. The lowest BCUT2D eigenvalue weighted by atomic mass is 10.2. The van der Waals surface area contributed by atoms with E-state index in [4.69, 9.17) is 0 Å². The summed E-state index contributed by atoms with van der Waals surface area (Å²) in [6.07, 6.45) is -2.60. The number of amides is 1. The first kappa shape index (κ1) is 18.1. The average molecular weight is 368 g/mol. The number of aryl methyl sites for hydroxylation is 1. The predicted molar refractivity (Wildman–Crippen MR) is 86.3 cm³/mol. The molecule has 2 aromatic heterocycles. The third-order valence-corrected chi connectivity index (χ3v) is 4.23. The summed E-state index contributed by atoms with van der Waals surface area (Å²) in [6.45, 7) is 3.18. The highest BCUT2D eigenvalue weighted by Gasteiger charge is 2.31. The lowest BCUT2D eigenvalue weighted by Crippen LogP contribution is -2.49. The minimum Gasteiger partial charge on any atom is -0.353 e. The van der Waals surface area contributed by atoms with Gasteiger partial charge in [-0.1, -0.05) is 0 Å². The van der Waals surface area contributed by atoms with Crippen molar-refractivity contribution in [3.8, 4) is 0 Å². The van der Waals surface area contributed by atoms with Crippen LogP contribution in [0.5, 0.6) is 0 Å². The normalized spacial score (nSPS) is 15.3. The standard InChI is InChI=1S/C17H16F4N4O/c1-11-8-14(22-10-13(11)18)16(26)25-6-4-24(5-7-25)15-3-2-12(9-23-15)17(19,20)21/h2-3,8-10H,4-7H2,1H3. The Morgan fingerprint density at radius 3 is 2.31 bits per heavy atom. The van der Waals surface area contributed by atoms with Gasteiger partial charge < -0.3 is 9.80 Å². The van der Waals surface area contributed by atoms with Crippen LogP contribution in [0.2, 0.25) is 0 Å². The van der Waals surface area contributed by atoms with Gasteiger partial charge in [-0.15, -0.1) is 0 Å². The zero-order valence-corrected chi connectivity index (χ0v) is 13.9. The van der Waals surface area contributed by atoms with Gasteiger partial charge >= 0.3 is 6.18 Å². The number of carbonyl (C=O) groups is 1. The molecule has 0 unspecified atom stereocenters. The fraction of sp³-hybridized carbons (Fsp3) is 0.353. The quantitative estimate of drug-likeness (QED) is 0.765. The van der Waals surface area contributed by atoms with Crippen molar-refractivity contribution < 1.29 is 22.4 Å². The first-order valence-corrected chi connectivity index (χ1v) is 7.95. The second-order valence-electron chi connectivity index (χ2n) is 6.00. The van der Waals surface area contributed by atoms with E-state index in [2.05, 4.69) is 9.97 Å². The number of halogens is 4. The molecular formula is C17H16F4N4O. The molecule has 1 amide bonds. The predicted octanol–water partition coefficient (Wildman–Crippen LogP) is 2.91. The van der Waals surface area contributed by atoms with Crippen LogP contribution in [-0.4, -0.2) is 47.0 Å². The molecule has 0 radical (unpaired) electrons. The van der Waals surface area contributed by atoms with Gasteiger partial charge in [-0.25, -0.2) is 14.4 Å². The Labute approximate surface area is 147 Å². The van der Waals surface area contributed by atoms with Gasteiger partial charge in [0.05, 0.1) is 11.8 Å². The second-order valence-corrected chi connectivity index (χ2v) is 6.00. The van der Waals surface area contributed by atoms with Crippen LogP contribution in [0.1, 0.15) is 21.6 Å². The number of rotatable bonds is 2. The Bertz CT molecular complexity index is 799. The number of hydrogen-bond acceptors (Lipinski definition) is 4. The smallest absolute Gasteiger partial charge is 0.353 e. The summed E-state index contributed by atoms with van der Waals surface area (Å²) in [5, 5.41) is 0. The molecule has 1 saturated heterocycles. The van der Waals surface area contributed by atoms with Crippen LogP contribution in [0.3, 0.4) is 0 Å². The van der Waals surface area contributed by atoms with Gasteiger partial charge in [0, 0.05) is 32.4 Å². The molecule has 5 nitrogen and oxygen atoms in total. The monoisotopic (exact) mass is 368 g/mol. The highest BCUT2D eigenvalue weighted by atomic mass is 19.4. The second kappa shape index (κ2) is 6.89. The first-order valence-electron chi connectivity index (χ1n) is 7.95. The fourth-order valence-electron chi connectivity index (χ4n) is 2.70. The largest absolute Gasteiger partial charge is 0.417 e. The van der Waals surface area contributed by atoms with Crippen LogP contribution < -0.4 is 4.90 Å². The topological polar surface area (TPSA) is 49.3 Å². The number of nitrogens with zero attached hydrogens (tertiary/aromatic N) is 4. The summed E-state index contributed by atoms with van der Waals surface area (Å²) in [5.74, 6) is -0.339. The van der Waals surface area contributed by atoms with E-state index in [-0.39, 0.29) is 11.6 Å². The van der Waals surface area contributed by atoms with Crippen LogP contribution in [0.4, 0.5) is 23.4 Å². The molecule has 0 saturated carbocycles. The van der Waals surface area contributed by atoms with Crippen LogP contribution >= 0.6 is 0 Å². The SMILES string of the molecule is Cc1cc(C(=O)N2CCN(c3ccc(C(F)(F)F)cn3)CC2)ncc1F. The molecule has 3 rings (SSSR count). The van der Waals surface area contributed by atoms with Crippen molar-refractivity contribution in [2.75, 3.05) is 31.1 Å². The Morgan fingerprint density at radius 2 is 1.77 bits per heavy atom. The van der Waals surface area contributed by atoms with Gasteiger partial charge in [-0.3, -0.25) is 4.79 Å². The van der Waals surface area contributed by atoms with Gasteiger partial charge in [0.2, 0.25) is 0 Å². The van der Waals surface area contributed by atoms with Gasteiger partial charge in [0.1, 0.15) is 17.3 Å². The Hall–Kier alpha value is -2.71. The molecule has 0 N–H and O–H groups in total. The summed E-state index contributed by atoms with van der Waals surface area (Å²) in [6, 6.07) is 3.72. The van der Waals surface area contributed by atoms with Crippen LogP contribution in [0.25, 0.3) is 0 Å². The Morgan fingerprint density at radius 1 is 1.08 bits per heavy atom. The van der Waals surface area contributed by atoms with Crippen molar-refractivity contribution in [1.29, 1.82) is 0 Å². The van der Waals surface area contributed by atoms with Gasteiger partial charge in [-0.05, 0) is 30.7 Å². The Kier molecular flexibility index (Phi) is 4.80. The van der Waals surface area contributed by atoms with E-state index in [1.165, 1.54) is 12.1 Å². The molecule has 0 aromatic carbocycles. The van der Waals surface area contributed by atoms with E-state index in [9.17, 15) is 22.4 Å². The average Bonchev–Trinajstić information content (AvgIpc) is 2.63. The molecule has 1 aliphatic heterocycles. The number of anilines is 1. The lowest BCUT2D eigenvalue weighted by Gasteiger charge is -2.35. The number of alkyl halides is 3. The highest BCUT2D eigenvalue weighted by Crippen LogP contribution is 2.29.